The Hall–Kier alpha value is -1.42. The van der Waals surface area contributed by atoms with Crippen molar-refractivity contribution in [2.45, 2.75) is 46.3 Å². The van der Waals surface area contributed by atoms with Crippen LogP contribution in [0.15, 0.2) is 36.4 Å². The van der Waals surface area contributed by atoms with Gasteiger partial charge in [-0.2, -0.15) is 0 Å². The molecule has 0 amide bonds. The molecule has 0 saturated carbocycles. The van der Waals surface area contributed by atoms with Gasteiger partial charge in [0.1, 0.15) is 6.61 Å². The first kappa shape index (κ1) is 20.9. The maximum absolute atomic E-state index is 6.45. The summed E-state index contributed by atoms with van der Waals surface area (Å²) in [6.07, 6.45) is 3.63. The van der Waals surface area contributed by atoms with E-state index in [1.54, 1.807) is 0 Å². The van der Waals surface area contributed by atoms with Gasteiger partial charge in [-0.1, -0.05) is 55.1 Å². The number of ether oxygens (including phenoxy) is 2. The standard InChI is InChI=1S/C21H27Cl2NO2/c1-3-5-6-10-24-14-17-12-20(25-4-2)21(13-19(17)23)26-15-16-8-7-9-18(22)11-16/h7-9,11-13,24H,3-6,10,14-15H2,1-2H3. The average Bonchev–Trinajstić information content (AvgIpc) is 2.62. The third-order valence-electron chi connectivity index (χ3n) is 3.97. The fraction of sp³-hybridized carbons (Fsp3) is 0.429. The summed E-state index contributed by atoms with van der Waals surface area (Å²) in [6.45, 7) is 6.84. The predicted molar refractivity (Wildman–Crippen MR) is 110 cm³/mol. The summed E-state index contributed by atoms with van der Waals surface area (Å²) in [4.78, 5) is 0. The Morgan fingerprint density at radius 3 is 2.50 bits per heavy atom. The number of unbranched alkanes of at least 4 members (excludes halogenated alkanes) is 2. The highest BCUT2D eigenvalue weighted by Crippen LogP contribution is 2.34. The summed E-state index contributed by atoms with van der Waals surface area (Å²) in [5.74, 6) is 1.36. The Labute approximate surface area is 166 Å². The third kappa shape index (κ3) is 6.71. The lowest BCUT2D eigenvalue weighted by molar-refractivity contribution is 0.269. The molecule has 1 N–H and O–H groups in total. The van der Waals surface area contributed by atoms with Gasteiger partial charge in [-0.15, -0.1) is 0 Å². The average molecular weight is 396 g/mol. The molecule has 0 fully saturated rings. The quantitative estimate of drug-likeness (QED) is 0.456. The summed E-state index contributed by atoms with van der Waals surface area (Å²) in [5.41, 5.74) is 2.01. The van der Waals surface area contributed by atoms with Gasteiger partial charge in [-0.25, -0.2) is 0 Å². The highest BCUT2D eigenvalue weighted by molar-refractivity contribution is 6.31. The Bertz CT molecular complexity index is 692. The first-order chi connectivity index (χ1) is 12.6. The lowest BCUT2D eigenvalue weighted by Gasteiger charge is -2.15. The van der Waals surface area contributed by atoms with E-state index in [0.717, 1.165) is 24.2 Å². The number of halogens is 2. The van der Waals surface area contributed by atoms with Crippen molar-refractivity contribution in [1.29, 1.82) is 0 Å². The van der Waals surface area contributed by atoms with Crippen LogP contribution in [0, 0.1) is 0 Å². The molecular formula is C21H27Cl2NO2. The lowest BCUT2D eigenvalue weighted by atomic mass is 10.2. The van der Waals surface area contributed by atoms with Crippen molar-refractivity contribution in [3.63, 3.8) is 0 Å². The molecule has 0 aliphatic rings. The van der Waals surface area contributed by atoms with Crippen LogP contribution in [-0.4, -0.2) is 13.2 Å². The van der Waals surface area contributed by atoms with Crippen molar-refractivity contribution in [2.24, 2.45) is 0 Å². The molecule has 142 valence electrons. The fourth-order valence-electron chi connectivity index (χ4n) is 2.60. The van der Waals surface area contributed by atoms with Crippen molar-refractivity contribution in [3.8, 4) is 11.5 Å². The van der Waals surface area contributed by atoms with Crippen LogP contribution in [0.2, 0.25) is 10.0 Å². The lowest BCUT2D eigenvalue weighted by Crippen LogP contribution is -2.15. The Kier molecular flexibility index (Phi) is 9.10. The van der Waals surface area contributed by atoms with E-state index in [2.05, 4.69) is 12.2 Å². The number of benzene rings is 2. The molecule has 0 heterocycles. The van der Waals surface area contributed by atoms with Crippen LogP contribution in [0.4, 0.5) is 0 Å². The number of rotatable bonds is 11. The van der Waals surface area contributed by atoms with Gasteiger partial charge in [0.25, 0.3) is 0 Å². The van der Waals surface area contributed by atoms with Gasteiger partial charge in [-0.3, -0.25) is 0 Å². The number of hydrogen-bond acceptors (Lipinski definition) is 3. The molecule has 2 aromatic carbocycles. The van der Waals surface area contributed by atoms with E-state index < -0.39 is 0 Å². The molecule has 3 nitrogen and oxygen atoms in total. The highest BCUT2D eigenvalue weighted by atomic mass is 35.5. The molecule has 0 aliphatic heterocycles. The Balaban J connectivity index is 2.04. The summed E-state index contributed by atoms with van der Waals surface area (Å²) in [5, 5.41) is 4.81. The first-order valence-corrected chi connectivity index (χ1v) is 9.92. The van der Waals surface area contributed by atoms with Crippen LogP contribution < -0.4 is 14.8 Å². The van der Waals surface area contributed by atoms with Crippen LogP contribution >= 0.6 is 23.2 Å². The van der Waals surface area contributed by atoms with Crippen molar-refractivity contribution >= 4 is 23.2 Å². The second kappa shape index (κ2) is 11.3. The van der Waals surface area contributed by atoms with Gasteiger partial charge < -0.3 is 14.8 Å². The zero-order valence-corrected chi connectivity index (χ0v) is 17.0. The van der Waals surface area contributed by atoms with Crippen LogP contribution in [0.25, 0.3) is 0 Å². The van der Waals surface area contributed by atoms with Gasteiger partial charge in [0, 0.05) is 22.7 Å². The minimum absolute atomic E-state index is 0.408. The molecule has 5 heteroatoms. The van der Waals surface area contributed by atoms with Gasteiger partial charge in [0.05, 0.1) is 6.61 Å². The van der Waals surface area contributed by atoms with Crippen molar-refractivity contribution in [3.05, 3.63) is 57.6 Å². The van der Waals surface area contributed by atoms with Crippen LogP contribution in [0.5, 0.6) is 11.5 Å². The van der Waals surface area contributed by atoms with Gasteiger partial charge in [-0.05, 0) is 49.2 Å². The molecular weight excluding hydrogens is 369 g/mol. The largest absolute Gasteiger partial charge is 0.490 e. The van der Waals surface area contributed by atoms with Crippen molar-refractivity contribution in [1.82, 2.24) is 5.32 Å². The van der Waals surface area contributed by atoms with E-state index in [-0.39, 0.29) is 0 Å². The summed E-state index contributed by atoms with van der Waals surface area (Å²) < 4.78 is 11.7. The summed E-state index contributed by atoms with van der Waals surface area (Å²) >= 11 is 12.5. The number of hydrogen-bond donors (Lipinski definition) is 1. The topological polar surface area (TPSA) is 30.5 Å². The van der Waals surface area contributed by atoms with Gasteiger partial charge in [0.2, 0.25) is 0 Å². The molecule has 0 aromatic heterocycles. The Morgan fingerprint density at radius 1 is 0.962 bits per heavy atom. The molecule has 26 heavy (non-hydrogen) atoms. The third-order valence-corrected chi connectivity index (χ3v) is 4.56. The normalized spacial score (nSPS) is 10.8. The zero-order chi connectivity index (χ0) is 18.8. The van der Waals surface area contributed by atoms with E-state index in [0.29, 0.717) is 34.8 Å². The summed E-state index contributed by atoms with van der Waals surface area (Å²) in [7, 11) is 0. The van der Waals surface area contributed by atoms with E-state index >= 15 is 0 Å². The molecule has 0 unspecified atom stereocenters. The van der Waals surface area contributed by atoms with Crippen LogP contribution in [0.3, 0.4) is 0 Å². The molecule has 2 aromatic rings. The Morgan fingerprint density at radius 2 is 1.77 bits per heavy atom. The maximum atomic E-state index is 6.45. The monoisotopic (exact) mass is 395 g/mol. The van der Waals surface area contributed by atoms with E-state index in [4.69, 9.17) is 32.7 Å². The minimum atomic E-state index is 0.408. The molecule has 0 radical (unpaired) electrons. The maximum Gasteiger partial charge on any atom is 0.163 e. The second-order valence-electron chi connectivity index (χ2n) is 6.13. The van der Waals surface area contributed by atoms with E-state index in [1.165, 1.54) is 19.3 Å². The van der Waals surface area contributed by atoms with Crippen LogP contribution in [0.1, 0.15) is 44.2 Å². The molecule has 0 bridgehead atoms. The molecule has 0 atom stereocenters. The van der Waals surface area contributed by atoms with Crippen molar-refractivity contribution < 1.29 is 9.47 Å². The molecule has 0 spiro atoms. The highest BCUT2D eigenvalue weighted by Gasteiger charge is 2.11. The molecule has 0 aliphatic carbocycles. The van der Waals surface area contributed by atoms with Crippen LogP contribution in [-0.2, 0) is 13.2 Å². The molecule has 0 saturated heterocycles. The number of nitrogens with one attached hydrogen (secondary N) is 1. The first-order valence-electron chi connectivity index (χ1n) is 9.17. The second-order valence-corrected chi connectivity index (χ2v) is 6.97. The van der Waals surface area contributed by atoms with Gasteiger partial charge >= 0.3 is 0 Å². The summed E-state index contributed by atoms with van der Waals surface area (Å²) in [6, 6.07) is 11.4. The van der Waals surface area contributed by atoms with E-state index in [1.807, 2.05) is 43.3 Å². The SMILES string of the molecule is CCCCCNCc1cc(OCC)c(OCc2cccc(Cl)c2)cc1Cl. The minimum Gasteiger partial charge on any atom is -0.490 e. The molecule has 2 rings (SSSR count). The smallest absolute Gasteiger partial charge is 0.163 e. The van der Waals surface area contributed by atoms with E-state index in [9.17, 15) is 0 Å². The van der Waals surface area contributed by atoms with Gasteiger partial charge in [0.15, 0.2) is 11.5 Å². The zero-order valence-electron chi connectivity index (χ0n) is 15.5. The van der Waals surface area contributed by atoms with Crippen molar-refractivity contribution in [2.75, 3.05) is 13.2 Å². The predicted octanol–water partition coefficient (Wildman–Crippen LogP) is 6.25. The fourth-order valence-corrected chi connectivity index (χ4v) is 3.04.